The summed E-state index contributed by atoms with van der Waals surface area (Å²) in [6, 6.07) is 14.1. The van der Waals surface area contributed by atoms with Crippen LogP contribution in [-0.4, -0.2) is 46.9 Å². The summed E-state index contributed by atoms with van der Waals surface area (Å²) in [7, 11) is -1.60. The van der Waals surface area contributed by atoms with E-state index in [0.717, 1.165) is 17.9 Å². The number of aliphatic imine (C=N–C) groups is 1. The zero-order chi connectivity index (χ0) is 19.8. The second kappa shape index (κ2) is 11.2. The molecule has 2 N–H and O–H groups in total. The monoisotopic (exact) mass is 531 g/mol. The minimum Gasteiger partial charge on any atom is -0.490 e. The molecule has 1 aliphatic rings. The molecule has 7 nitrogen and oxygen atoms in total. The maximum Gasteiger partial charge on any atom is 0.195 e. The maximum atomic E-state index is 12.3. The molecule has 1 aliphatic heterocycles. The molecule has 2 aromatic rings. The quantitative estimate of drug-likeness (QED) is 0.258. The first-order chi connectivity index (χ1) is 13.6. The smallest absolute Gasteiger partial charge is 0.195 e. The van der Waals surface area contributed by atoms with Crippen LogP contribution in [0.2, 0.25) is 0 Å². The van der Waals surface area contributed by atoms with Crippen molar-refractivity contribution < 1.29 is 17.9 Å². The topological polar surface area (TPSA) is 89.0 Å². The van der Waals surface area contributed by atoms with Crippen LogP contribution in [0.15, 0.2) is 58.4 Å². The van der Waals surface area contributed by atoms with Gasteiger partial charge in [-0.1, -0.05) is 18.2 Å². The number of sulfone groups is 1. The lowest BCUT2D eigenvalue weighted by atomic mass is 10.3. The Morgan fingerprint density at radius 3 is 2.52 bits per heavy atom. The molecule has 0 fully saturated rings. The molecule has 0 saturated heterocycles. The zero-order valence-corrected chi connectivity index (χ0v) is 19.4. The Bertz CT molecular complexity index is 921. The Hall–Kier alpha value is -2.01. The number of rotatable bonds is 6. The third-order valence-electron chi connectivity index (χ3n) is 4.22. The van der Waals surface area contributed by atoms with Crippen molar-refractivity contribution in [3.63, 3.8) is 0 Å². The molecular weight excluding hydrogens is 505 g/mol. The predicted molar refractivity (Wildman–Crippen MR) is 126 cm³/mol. The SMILES string of the molecule is CN=C(NCCCS(=O)(=O)c1ccccc1)Nc1ccc2c(c1)OCCCO2.I. The molecule has 0 aromatic heterocycles. The molecule has 29 heavy (non-hydrogen) atoms. The highest BCUT2D eigenvalue weighted by atomic mass is 127. The minimum absolute atomic E-state index is 0. The highest BCUT2D eigenvalue weighted by Gasteiger charge is 2.14. The molecule has 0 spiro atoms. The molecule has 0 saturated carbocycles. The lowest BCUT2D eigenvalue weighted by Crippen LogP contribution is -2.32. The van der Waals surface area contributed by atoms with E-state index < -0.39 is 9.84 Å². The highest BCUT2D eigenvalue weighted by Crippen LogP contribution is 2.32. The molecule has 0 unspecified atom stereocenters. The van der Waals surface area contributed by atoms with Gasteiger partial charge in [0.15, 0.2) is 27.3 Å². The average molecular weight is 531 g/mol. The standard InChI is InChI=1S/C20H25N3O4S.HI/c1-21-20(22-11-5-14-28(24,25)17-7-3-2-4-8-17)23-16-9-10-18-19(15-16)27-13-6-12-26-18;/h2-4,7-10,15H,5-6,11-14H2,1H3,(H2,21,22,23);1H. The average Bonchev–Trinajstić information content (AvgIpc) is 2.96. The summed E-state index contributed by atoms with van der Waals surface area (Å²) in [4.78, 5) is 4.53. The van der Waals surface area contributed by atoms with Crippen molar-refractivity contribution in [1.29, 1.82) is 0 Å². The van der Waals surface area contributed by atoms with Crippen LogP contribution in [0.1, 0.15) is 12.8 Å². The number of guanidine groups is 1. The number of hydrogen-bond acceptors (Lipinski definition) is 5. The van der Waals surface area contributed by atoms with Gasteiger partial charge in [0.05, 0.1) is 23.9 Å². The molecule has 0 radical (unpaired) electrons. The Balaban J connectivity index is 0.00000300. The normalized spacial score (nSPS) is 13.8. The van der Waals surface area contributed by atoms with Crippen LogP contribution in [0.25, 0.3) is 0 Å². The number of halogens is 1. The number of anilines is 1. The number of hydrogen-bond donors (Lipinski definition) is 2. The van der Waals surface area contributed by atoms with E-state index in [9.17, 15) is 8.42 Å². The maximum absolute atomic E-state index is 12.3. The van der Waals surface area contributed by atoms with E-state index in [-0.39, 0.29) is 29.7 Å². The minimum atomic E-state index is -3.27. The van der Waals surface area contributed by atoms with E-state index in [1.807, 2.05) is 18.2 Å². The number of fused-ring (bicyclic) bond motifs is 1. The van der Waals surface area contributed by atoms with Gasteiger partial charge in [0.2, 0.25) is 0 Å². The molecule has 2 aromatic carbocycles. The molecule has 0 amide bonds. The first kappa shape index (κ1) is 23.3. The van der Waals surface area contributed by atoms with Gasteiger partial charge >= 0.3 is 0 Å². The molecule has 9 heteroatoms. The fourth-order valence-corrected chi connectivity index (χ4v) is 4.10. The molecule has 158 valence electrons. The number of ether oxygens (including phenoxy) is 2. The first-order valence-electron chi connectivity index (χ1n) is 9.23. The molecule has 0 bridgehead atoms. The van der Waals surface area contributed by atoms with Crippen molar-refractivity contribution in [2.24, 2.45) is 4.99 Å². The van der Waals surface area contributed by atoms with Crippen LogP contribution in [0.3, 0.4) is 0 Å². The van der Waals surface area contributed by atoms with Crippen LogP contribution in [0.4, 0.5) is 5.69 Å². The Morgan fingerprint density at radius 2 is 1.79 bits per heavy atom. The van der Waals surface area contributed by atoms with Gasteiger partial charge < -0.3 is 20.1 Å². The molecule has 3 rings (SSSR count). The van der Waals surface area contributed by atoms with E-state index in [1.165, 1.54) is 0 Å². The second-order valence-electron chi connectivity index (χ2n) is 6.32. The van der Waals surface area contributed by atoms with E-state index in [4.69, 9.17) is 9.47 Å². The van der Waals surface area contributed by atoms with E-state index in [1.54, 1.807) is 37.4 Å². The van der Waals surface area contributed by atoms with Gasteiger partial charge in [0.25, 0.3) is 0 Å². The van der Waals surface area contributed by atoms with Gasteiger partial charge in [-0.2, -0.15) is 0 Å². The Morgan fingerprint density at radius 1 is 1.07 bits per heavy atom. The van der Waals surface area contributed by atoms with Crippen LogP contribution < -0.4 is 20.1 Å². The summed E-state index contributed by atoms with van der Waals surface area (Å²) in [5.74, 6) is 2.07. The second-order valence-corrected chi connectivity index (χ2v) is 8.43. The molecular formula is C20H26IN3O4S. The Kier molecular flexibility index (Phi) is 9.02. The van der Waals surface area contributed by atoms with Crippen molar-refractivity contribution in [2.45, 2.75) is 17.7 Å². The van der Waals surface area contributed by atoms with Crippen LogP contribution >= 0.6 is 24.0 Å². The lowest BCUT2D eigenvalue weighted by molar-refractivity contribution is 0.297. The summed E-state index contributed by atoms with van der Waals surface area (Å²) in [6.07, 6.45) is 1.33. The number of nitrogens with one attached hydrogen (secondary N) is 2. The highest BCUT2D eigenvalue weighted by molar-refractivity contribution is 14.0. The van der Waals surface area contributed by atoms with Gasteiger partial charge in [-0.15, -0.1) is 24.0 Å². The fourth-order valence-electron chi connectivity index (χ4n) is 2.77. The summed E-state index contributed by atoms with van der Waals surface area (Å²) in [6.45, 7) is 1.75. The van der Waals surface area contributed by atoms with Crippen molar-refractivity contribution >= 4 is 45.5 Å². The number of benzene rings is 2. The van der Waals surface area contributed by atoms with Gasteiger partial charge in [0.1, 0.15) is 0 Å². The number of nitrogens with zero attached hydrogens (tertiary/aromatic N) is 1. The van der Waals surface area contributed by atoms with Gasteiger partial charge in [-0.05, 0) is 30.7 Å². The van der Waals surface area contributed by atoms with Crippen molar-refractivity contribution in [2.75, 3.05) is 37.9 Å². The fraction of sp³-hybridized carbons (Fsp3) is 0.350. The van der Waals surface area contributed by atoms with Gasteiger partial charge in [-0.3, -0.25) is 4.99 Å². The summed E-state index contributed by atoms with van der Waals surface area (Å²) in [5.41, 5.74) is 0.814. The van der Waals surface area contributed by atoms with E-state index in [2.05, 4.69) is 15.6 Å². The lowest BCUT2D eigenvalue weighted by Gasteiger charge is -2.14. The molecule has 1 heterocycles. The largest absolute Gasteiger partial charge is 0.490 e. The van der Waals surface area contributed by atoms with Crippen LogP contribution in [-0.2, 0) is 9.84 Å². The zero-order valence-electron chi connectivity index (χ0n) is 16.3. The summed E-state index contributed by atoms with van der Waals surface area (Å²) in [5, 5.41) is 6.32. The van der Waals surface area contributed by atoms with Crippen LogP contribution in [0, 0.1) is 0 Å². The van der Waals surface area contributed by atoms with Crippen molar-refractivity contribution in [1.82, 2.24) is 5.32 Å². The third kappa shape index (κ3) is 6.77. The summed E-state index contributed by atoms with van der Waals surface area (Å²) >= 11 is 0. The third-order valence-corrected chi connectivity index (χ3v) is 6.04. The van der Waals surface area contributed by atoms with Crippen molar-refractivity contribution in [3.8, 4) is 11.5 Å². The van der Waals surface area contributed by atoms with Crippen molar-refractivity contribution in [3.05, 3.63) is 48.5 Å². The molecule has 0 atom stereocenters. The van der Waals surface area contributed by atoms with Gasteiger partial charge in [0, 0.05) is 31.8 Å². The van der Waals surface area contributed by atoms with Crippen LogP contribution in [0.5, 0.6) is 11.5 Å². The van der Waals surface area contributed by atoms with E-state index in [0.29, 0.717) is 42.8 Å². The predicted octanol–water partition coefficient (Wildman–Crippen LogP) is 3.32. The summed E-state index contributed by atoms with van der Waals surface area (Å²) < 4.78 is 35.9. The van der Waals surface area contributed by atoms with E-state index >= 15 is 0 Å². The first-order valence-corrected chi connectivity index (χ1v) is 10.9. The molecule has 0 aliphatic carbocycles. The van der Waals surface area contributed by atoms with Gasteiger partial charge in [-0.25, -0.2) is 8.42 Å². The Labute approximate surface area is 188 Å².